The zero-order chi connectivity index (χ0) is 12.3. The lowest BCUT2D eigenvalue weighted by Crippen LogP contribution is -2.41. The molecule has 1 aromatic carbocycles. The van der Waals surface area contributed by atoms with Crippen LogP contribution in [0.5, 0.6) is 0 Å². The molecular weight excluding hydrogens is 289 g/mol. The van der Waals surface area contributed by atoms with Gasteiger partial charge in [0.25, 0.3) is 5.91 Å². The maximum atomic E-state index is 13.5. The van der Waals surface area contributed by atoms with Crippen molar-refractivity contribution in [2.45, 2.75) is 18.9 Å². The van der Waals surface area contributed by atoms with E-state index < -0.39 is 11.7 Å². The Morgan fingerprint density at radius 3 is 3.00 bits per heavy atom. The summed E-state index contributed by atoms with van der Waals surface area (Å²) in [6.07, 6.45) is 1.79. The monoisotopic (exact) mass is 301 g/mol. The highest BCUT2D eigenvalue weighted by molar-refractivity contribution is 9.10. The number of rotatable bonds is 2. The van der Waals surface area contributed by atoms with Crippen LogP contribution in [-0.4, -0.2) is 25.2 Å². The van der Waals surface area contributed by atoms with Gasteiger partial charge in [-0.1, -0.05) is 6.07 Å². The number of nitrogens with one attached hydrogen (secondary N) is 1. The van der Waals surface area contributed by atoms with Gasteiger partial charge in [0, 0.05) is 11.1 Å². The van der Waals surface area contributed by atoms with E-state index in [1.807, 2.05) is 0 Å². The lowest BCUT2D eigenvalue weighted by atomic mass is 10.1. The smallest absolute Gasteiger partial charge is 0.255 e. The molecule has 17 heavy (non-hydrogen) atoms. The van der Waals surface area contributed by atoms with Crippen LogP contribution in [0.15, 0.2) is 22.7 Å². The molecule has 1 amide bonds. The molecule has 0 saturated carbocycles. The van der Waals surface area contributed by atoms with Crippen LogP contribution in [0, 0.1) is 5.82 Å². The molecule has 1 heterocycles. The fraction of sp³-hybridized carbons (Fsp3) is 0.417. The summed E-state index contributed by atoms with van der Waals surface area (Å²) < 4.78 is 19.3. The third-order valence-electron chi connectivity index (χ3n) is 2.69. The molecule has 0 radical (unpaired) electrons. The van der Waals surface area contributed by atoms with Crippen molar-refractivity contribution in [1.82, 2.24) is 5.32 Å². The minimum absolute atomic E-state index is 0.0252. The molecule has 1 fully saturated rings. The summed E-state index contributed by atoms with van der Waals surface area (Å²) in [5.74, 6) is -0.918. The molecule has 1 aliphatic heterocycles. The predicted octanol–water partition coefficient (Wildman–Crippen LogP) is 2.50. The van der Waals surface area contributed by atoms with Gasteiger partial charge in [0.1, 0.15) is 5.82 Å². The third-order valence-corrected chi connectivity index (χ3v) is 3.35. The standard InChI is InChI=1S/C12H13BrFNO2/c13-9-4-1-5-10(14)11(9)12(16)15-8-3-2-6-17-7-8/h1,4-5,8H,2-3,6-7H2,(H,15,16)/t8-/m1/s1. The Hall–Kier alpha value is -0.940. The lowest BCUT2D eigenvalue weighted by molar-refractivity contribution is 0.0622. The Labute approximate surface area is 107 Å². The minimum Gasteiger partial charge on any atom is -0.379 e. The fourth-order valence-corrected chi connectivity index (χ4v) is 2.35. The number of benzene rings is 1. The number of amides is 1. The number of hydrogen-bond donors (Lipinski definition) is 1. The molecular formula is C12H13BrFNO2. The highest BCUT2D eigenvalue weighted by Gasteiger charge is 2.20. The van der Waals surface area contributed by atoms with E-state index in [9.17, 15) is 9.18 Å². The van der Waals surface area contributed by atoms with E-state index in [-0.39, 0.29) is 11.6 Å². The molecule has 0 aromatic heterocycles. The summed E-state index contributed by atoms with van der Waals surface area (Å²) in [6.45, 7) is 1.23. The Bertz CT molecular complexity index is 399. The molecule has 1 aliphatic rings. The van der Waals surface area contributed by atoms with Crippen molar-refractivity contribution in [2.75, 3.05) is 13.2 Å². The van der Waals surface area contributed by atoms with E-state index in [0.29, 0.717) is 11.1 Å². The van der Waals surface area contributed by atoms with Gasteiger partial charge >= 0.3 is 0 Å². The minimum atomic E-state index is -0.520. The van der Waals surface area contributed by atoms with E-state index in [1.165, 1.54) is 6.07 Å². The molecule has 1 saturated heterocycles. The molecule has 0 spiro atoms. The SMILES string of the molecule is O=C(N[C@@H]1CCCOC1)c1c(F)cccc1Br. The van der Waals surface area contributed by atoms with E-state index in [4.69, 9.17) is 4.74 Å². The van der Waals surface area contributed by atoms with Gasteiger partial charge in [0.2, 0.25) is 0 Å². The molecule has 5 heteroatoms. The highest BCUT2D eigenvalue weighted by Crippen LogP contribution is 2.20. The van der Waals surface area contributed by atoms with Crippen LogP contribution in [0.2, 0.25) is 0 Å². The first-order chi connectivity index (χ1) is 8.18. The van der Waals surface area contributed by atoms with Gasteiger partial charge in [-0.15, -0.1) is 0 Å². The second-order valence-electron chi connectivity index (χ2n) is 3.98. The maximum absolute atomic E-state index is 13.5. The highest BCUT2D eigenvalue weighted by atomic mass is 79.9. The topological polar surface area (TPSA) is 38.3 Å². The van der Waals surface area contributed by atoms with Gasteiger partial charge in [-0.25, -0.2) is 4.39 Å². The Balaban J connectivity index is 2.08. The first-order valence-corrected chi connectivity index (χ1v) is 6.30. The second kappa shape index (κ2) is 5.60. The Morgan fingerprint density at radius 1 is 1.53 bits per heavy atom. The van der Waals surface area contributed by atoms with Crippen LogP contribution in [0.1, 0.15) is 23.2 Å². The molecule has 0 unspecified atom stereocenters. The van der Waals surface area contributed by atoms with Crippen molar-refractivity contribution in [3.05, 3.63) is 34.1 Å². The first-order valence-electron chi connectivity index (χ1n) is 5.51. The zero-order valence-electron chi connectivity index (χ0n) is 9.21. The number of carbonyl (C=O) groups is 1. The van der Waals surface area contributed by atoms with Crippen LogP contribution in [0.4, 0.5) is 4.39 Å². The van der Waals surface area contributed by atoms with Crippen molar-refractivity contribution >= 4 is 21.8 Å². The van der Waals surface area contributed by atoms with Gasteiger partial charge < -0.3 is 10.1 Å². The summed E-state index contributed by atoms with van der Waals surface area (Å²) in [5, 5.41) is 2.78. The fourth-order valence-electron chi connectivity index (χ4n) is 1.83. The first kappa shape index (κ1) is 12.5. The van der Waals surface area contributed by atoms with Crippen LogP contribution in [0.25, 0.3) is 0 Å². The average Bonchev–Trinajstić information content (AvgIpc) is 2.30. The number of ether oxygens (including phenoxy) is 1. The largest absolute Gasteiger partial charge is 0.379 e. The molecule has 2 rings (SSSR count). The van der Waals surface area contributed by atoms with E-state index >= 15 is 0 Å². The maximum Gasteiger partial charge on any atom is 0.255 e. The Kier molecular flexibility index (Phi) is 4.12. The van der Waals surface area contributed by atoms with Gasteiger partial charge in [-0.05, 0) is 40.9 Å². The van der Waals surface area contributed by atoms with E-state index in [1.54, 1.807) is 12.1 Å². The van der Waals surface area contributed by atoms with Crippen LogP contribution in [0.3, 0.4) is 0 Å². The van der Waals surface area contributed by atoms with Crippen molar-refractivity contribution in [3.63, 3.8) is 0 Å². The van der Waals surface area contributed by atoms with Crippen LogP contribution >= 0.6 is 15.9 Å². The summed E-state index contributed by atoms with van der Waals surface area (Å²) in [6, 6.07) is 4.45. The molecule has 92 valence electrons. The predicted molar refractivity (Wildman–Crippen MR) is 65.4 cm³/mol. The molecule has 1 aromatic rings. The number of carbonyl (C=O) groups excluding carboxylic acids is 1. The third kappa shape index (κ3) is 3.04. The van der Waals surface area contributed by atoms with Gasteiger partial charge in [0.05, 0.1) is 18.2 Å². The quantitative estimate of drug-likeness (QED) is 0.911. The summed E-state index contributed by atoms with van der Waals surface area (Å²) in [5.41, 5.74) is 0.0538. The molecule has 1 atom stereocenters. The summed E-state index contributed by atoms with van der Waals surface area (Å²) >= 11 is 3.18. The normalized spacial score (nSPS) is 20.0. The van der Waals surface area contributed by atoms with Crippen LogP contribution < -0.4 is 5.32 Å². The van der Waals surface area contributed by atoms with E-state index in [0.717, 1.165) is 19.4 Å². The van der Waals surface area contributed by atoms with Crippen molar-refractivity contribution in [2.24, 2.45) is 0 Å². The molecule has 0 bridgehead atoms. The molecule has 3 nitrogen and oxygen atoms in total. The van der Waals surface area contributed by atoms with Crippen molar-refractivity contribution in [3.8, 4) is 0 Å². The lowest BCUT2D eigenvalue weighted by Gasteiger charge is -2.23. The van der Waals surface area contributed by atoms with Gasteiger partial charge in [-0.3, -0.25) is 4.79 Å². The second-order valence-corrected chi connectivity index (χ2v) is 4.84. The van der Waals surface area contributed by atoms with Gasteiger partial charge in [-0.2, -0.15) is 0 Å². The zero-order valence-corrected chi connectivity index (χ0v) is 10.8. The van der Waals surface area contributed by atoms with Crippen LogP contribution in [-0.2, 0) is 4.74 Å². The van der Waals surface area contributed by atoms with Crippen molar-refractivity contribution < 1.29 is 13.9 Å². The summed E-state index contributed by atoms with van der Waals surface area (Å²) in [4.78, 5) is 11.9. The molecule has 0 aliphatic carbocycles. The van der Waals surface area contributed by atoms with E-state index in [2.05, 4.69) is 21.2 Å². The average molecular weight is 302 g/mol. The molecule has 1 N–H and O–H groups in total. The number of halogens is 2. The summed E-state index contributed by atoms with van der Waals surface area (Å²) in [7, 11) is 0. The van der Waals surface area contributed by atoms with Gasteiger partial charge in [0.15, 0.2) is 0 Å². The van der Waals surface area contributed by atoms with Crippen molar-refractivity contribution in [1.29, 1.82) is 0 Å². The number of hydrogen-bond acceptors (Lipinski definition) is 2. The Morgan fingerprint density at radius 2 is 2.35 bits per heavy atom.